The van der Waals surface area contributed by atoms with Crippen molar-refractivity contribution >= 4 is 22.8 Å². The van der Waals surface area contributed by atoms with Gasteiger partial charge in [0.2, 0.25) is 5.95 Å². The Morgan fingerprint density at radius 1 is 1.21 bits per heavy atom. The quantitative estimate of drug-likeness (QED) is 0.753. The Labute approximate surface area is 163 Å². The van der Waals surface area contributed by atoms with E-state index in [9.17, 15) is 4.79 Å². The number of fused-ring (bicyclic) bond motifs is 1. The van der Waals surface area contributed by atoms with E-state index in [1.807, 2.05) is 44.2 Å². The van der Waals surface area contributed by atoms with Gasteiger partial charge in [-0.25, -0.2) is 15.0 Å². The molecule has 1 aliphatic heterocycles. The number of carbonyl (C=O) groups is 1. The van der Waals surface area contributed by atoms with Crippen LogP contribution in [-0.4, -0.2) is 46.6 Å². The highest BCUT2D eigenvalue weighted by atomic mass is 16.5. The molecule has 1 amide bonds. The Bertz CT molecular complexity index is 977. The SMILES string of the molecule is CC(C)NC(=O)c1cc([C@@H]2CN(c3ncccn3)CCO2)nc2ccccc12. The van der Waals surface area contributed by atoms with Gasteiger partial charge in [0, 0.05) is 30.4 Å². The number of hydrogen-bond donors (Lipinski definition) is 1. The van der Waals surface area contributed by atoms with Crippen molar-refractivity contribution in [2.75, 3.05) is 24.6 Å². The van der Waals surface area contributed by atoms with Gasteiger partial charge in [0.05, 0.1) is 29.9 Å². The van der Waals surface area contributed by atoms with Crippen LogP contribution >= 0.6 is 0 Å². The predicted octanol–water partition coefficient (Wildman–Crippen LogP) is 2.74. The summed E-state index contributed by atoms with van der Waals surface area (Å²) >= 11 is 0. The molecule has 0 bridgehead atoms. The van der Waals surface area contributed by atoms with Crippen LogP contribution in [-0.2, 0) is 4.74 Å². The summed E-state index contributed by atoms with van der Waals surface area (Å²) < 4.78 is 5.99. The van der Waals surface area contributed by atoms with E-state index < -0.39 is 0 Å². The van der Waals surface area contributed by atoms with Crippen molar-refractivity contribution in [1.29, 1.82) is 0 Å². The number of pyridine rings is 1. The first-order valence-electron chi connectivity index (χ1n) is 9.46. The molecular weight excluding hydrogens is 354 g/mol. The first-order chi connectivity index (χ1) is 13.6. The molecule has 1 saturated heterocycles. The lowest BCUT2D eigenvalue weighted by Gasteiger charge is -2.32. The molecule has 3 aromatic rings. The number of amides is 1. The fourth-order valence-corrected chi connectivity index (χ4v) is 3.35. The molecule has 2 aromatic heterocycles. The van der Waals surface area contributed by atoms with Crippen LogP contribution in [0.5, 0.6) is 0 Å². The molecule has 3 heterocycles. The van der Waals surface area contributed by atoms with Crippen LogP contribution in [0.25, 0.3) is 10.9 Å². The zero-order chi connectivity index (χ0) is 19.5. The summed E-state index contributed by atoms with van der Waals surface area (Å²) in [5.41, 5.74) is 2.14. The number of aromatic nitrogens is 3. The number of benzene rings is 1. The summed E-state index contributed by atoms with van der Waals surface area (Å²) in [5.74, 6) is 0.572. The highest BCUT2D eigenvalue weighted by Crippen LogP contribution is 2.27. The molecule has 7 heteroatoms. The van der Waals surface area contributed by atoms with Gasteiger partial charge in [-0.05, 0) is 32.0 Å². The number of para-hydroxylation sites is 1. The minimum Gasteiger partial charge on any atom is -0.368 e. The molecule has 1 fully saturated rings. The maximum Gasteiger partial charge on any atom is 0.252 e. The minimum absolute atomic E-state index is 0.0551. The molecular formula is C21H23N5O2. The third-order valence-electron chi connectivity index (χ3n) is 4.63. The number of ether oxygens (including phenoxy) is 1. The summed E-state index contributed by atoms with van der Waals surface area (Å²) in [6.07, 6.45) is 3.21. The summed E-state index contributed by atoms with van der Waals surface area (Å²) in [4.78, 5) is 28.3. The number of hydrogen-bond acceptors (Lipinski definition) is 6. The first kappa shape index (κ1) is 18.3. The van der Waals surface area contributed by atoms with Gasteiger partial charge in [-0.1, -0.05) is 18.2 Å². The monoisotopic (exact) mass is 377 g/mol. The molecule has 4 rings (SSSR count). The van der Waals surface area contributed by atoms with Crippen molar-refractivity contribution in [3.8, 4) is 0 Å². The van der Waals surface area contributed by atoms with Crippen molar-refractivity contribution in [3.05, 3.63) is 60.0 Å². The molecule has 0 aliphatic carbocycles. The number of morpholine rings is 1. The van der Waals surface area contributed by atoms with E-state index >= 15 is 0 Å². The molecule has 1 atom stereocenters. The van der Waals surface area contributed by atoms with Crippen molar-refractivity contribution in [3.63, 3.8) is 0 Å². The van der Waals surface area contributed by atoms with Crippen LogP contribution < -0.4 is 10.2 Å². The second kappa shape index (κ2) is 7.90. The number of rotatable bonds is 4. The average molecular weight is 377 g/mol. The normalized spacial score (nSPS) is 17.1. The Kier molecular flexibility index (Phi) is 5.16. The van der Waals surface area contributed by atoms with Gasteiger partial charge in [-0.15, -0.1) is 0 Å². The summed E-state index contributed by atoms with van der Waals surface area (Å²) in [6, 6.07) is 11.4. The molecule has 0 radical (unpaired) electrons. The van der Waals surface area contributed by atoms with Crippen molar-refractivity contribution in [2.24, 2.45) is 0 Å². The van der Waals surface area contributed by atoms with Crippen molar-refractivity contribution in [1.82, 2.24) is 20.3 Å². The highest BCUT2D eigenvalue weighted by molar-refractivity contribution is 6.06. The van der Waals surface area contributed by atoms with Gasteiger partial charge in [0.1, 0.15) is 6.10 Å². The smallest absolute Gasteiger partial charge is 0.252 e. The zero-order valence-corrected chi connectivity index (χ0v) is 16.0. The van der Waals surface area contributed by atoms with Crippen molar-refractivity contribution in [2.45, 2.75) is 26.0 Å². The van der Waals surface area contributed by atoms with E-state index in [4.69, 9.17) is 9.72 Å². The Balaban J connectivity index is 1.69. The molecule has 0 spiro atoms. The van der Waals surface area contributed by atoms with Crippen LogP contribution in [0.1, 0.15) is 36.0 Å². The molecule has 0 saturated carbocycles. The van der Waals surface area contributed by atoms with Gasteiger partial charge < -0.3 is 15.0 Å². The Morgan fingerprint density at radius 3 is 2.79 bits per heavy atom. The van der Waals surface area contributed by atoms with Crippen LogP contribution in [0.2, 0.25) is 0 Å². The number of nitrogens with one attached hydrogen (secondary N) is 1. The molecule has 1 aliphatic rings. The lowest BCUT2D eigenvalue weighted by molar-refractivity contribution is 0.0366. The van der Waals surface area contributed by atoms with E-state index in [1.165, 1.54) is 0 Å². The fraction of sp³-hybridized carbons (Fsp3) is 0.333. The van der Waals surface area contributed by atoms with Crippen LogP contribution in [0.15, 0.2) is 48.8 Å². The zero-order valence-electron chi connectivity index (χ0n) is 16.0. The number of carbonyl (C=O) groups excluding carboxylic acids is 1. The average Bonchev–Trinajstić information content (AvgIpc) is 2.73. The fourth-order valence-electron chi connectivity index (χ4n) is 3.35. The summed E-state index contributed by atoms with van der Waals surface area (Å²) in [5, 5.41) is 3.81. The van der Waals surface area contributed by atoms with E-state index in [2.05, 4.69) is 20.2 Å². The molecule has 28 heavy (non-hydrogen) atoms. The maximum absolute atomic E-state index is 12.8. The van der Waals surface area contributed by atoms with E-state index in [-0.39, 0.29) is 18.1 Å². The molecule has 1 aromatic carbocycles. The van der Waals surface area contributed by atoms with Gasteiger partial charge in [-0.2, -0.15) is 0 Å². The van der Waals surface area contributed by atoms with E-state index in [0.29, 0.717) is 24.7 Å². The number of anilines is 1. The first-order valence-corrected chi connectivity index (χ1v) is 9.46. The predicted molar refractivity (Wildman–Crippen MR) is 107 cm³/mol. The number of nitrogens with zero attached hydrogens (tertiary/aromatic N) is 4. The van der Waals surface area contributed by atoms with E-state index in [0.717, 1.165) is 23.1 Å². The van der Waals surface area contributed by atoms with Gasteiger partial charge in [-0.3, -0.25) is 4.79 Å². The third kappa shape index (κ3) is 3.80. The molecule has 1 N–H and O–H groups in total. The highest BCUT2D eigenvalue weighted by Gasteiger charge is 2.26. The summed E-state index contributed by atoms with van der Waals surface area (Å²) in [6.45, 7) is 5.74. The maximum atomic E-state index is 12.8. The van der Waals surface area contributed by atoms with Gasteiger partial charge in [0.15, 0.2) is 0 Å². The molecule has 0 unspecified atom stereocenters. The molecule has 144 valence electrons. The lowest BCUT2D eigenvalue weighted by atomic mass is 10.0. The third-order valence-corrected chi connectivity index (χ3v) is 4.63. The largest absolute Gasteiger partial charge is 0.368 e. The van der Waals surface area contributed by atoms with Gasteiger partial charge in [0.25, 0.3) is 5.91 Å². The standard InChI is InChI=1S/C21H23N5O2/c1-14(2)24-20(27)16-12-18(25-17-7-4-3-6-15(16)17)19-13-26(10-11-28-19)21-22-8-5-9-23-21/h3-9,12,14,19H,10-11,13H2,1-2H3,(H,24,27)/t19-/m0/s1. The van der Waals surface area contributed by atoms with Gasteiger partial charge >= 0.3 is 0 Å². The second-order valence-corrected chi connectivity index (χ2v) is 7.09. The molecule has 7 nitrogen and oxygen atoms in total. The minimum atomic E-state index is -0.257. The van der Waals surface area contributed by atoms with E-state index in [1.54, 1.807) is 18.5 Å². The van der Waals surface area contributed by atoms with Crippen LogP contribution in [0, 0.1) is 0 Å². The Hall–Kier alpha value is -3.06. The van der Waals surface area contributed by atoms with Crippen molar-refractivity contribution < 1.29 is 9.53 Å². The topological polar surface area (TPSA) is 80.2 Å². The van der Waals surface area contributed by atoms with Crippen LogP contribution in [0.3, 0.4) is 0 Å². The van der Waals surface area contributed by atoms with Crippen LogP contribution in [0.4, 0.5) is 5.95 Å². The lowest BCUT2D eigenvalue weighted by Crippen LogP contribution is -2.39. The Morgan fingerprint density at radius 2 is 2.00 bits per heavy atom. The summed E-state index contributed by atoms with van der Waals surface area (Å²) in [7, 11) is 0. The second-order valence-electron chi connectivity index (χ2n) is 7.09.